The molecule has 1 heterocycles. The van der Waals surface area contributed by atoms with E-state index in [2.05, 4.69) is 32.8 Å². The van der Waals surface area contributed by atoms with E-state index >= 15 is 0 Å². The van der Waals surface area contributed by atoms with Crippen LogP contribution < -0.4 is 16.4 Å². The second kappa shape index (κ2) is 5.90. The van der Waals surface area contributed by atoms with Gasteiger partial charge in [0.05, 0.1) is 11.7 Å². The molecule has 0 aromatic heterocycles. The van der Waals surface area contributed by atoms with Crippen LogP contribution in [0.15, 0.2) is 22.7 Å². The van der Waals surface area contributed by atoms with E-state index in [1.165, 1.54) is 0 Å². The number of halogens is 1. The number of amides is 1. The number of nitrogens with two attached hydrogens (primary N) is 2. The standard InChI is InChI=1S/C13H19BrN4O/c1-17-4-5-18(10(7-15)8-17)12-3-2-9(13(16)19)6-11(12)14/h2-3,6,10H,4-5,7-8,15H2,1H3,(H2,16,19). The highest BCUT2D eigenvalue weighted by molar-refractivity contribution is 9.10. The van der Waals surface area contributed by atoms with Crippen molar-refractivity contribution < 1.29 is 4.79 Å². The quantitative estimate of drug-likeness (QED) is 0.854. The SMILES string of the molecule is CN1CCN(c2ccc(C(N)=O)cc2Br)C(CN)C1. The van der Waals surface area contributed by atoms with Crippen LogP contribution in [0, 0.1) is 0 Å². The number of primary amides is 1. The minimum atomic E-state index is -0.416. The second-order valence-corrected chi connectivity index (χ2v) is 5.73. The van der Waals surface area contributed by atoms with E-state index in [9.17, 15) is 4.79 Å². The Bertz CT molecular complexity index is 480. The van der Waals surface area contributed by atoms with Crippen molar-refractivity contribution in [3.63, 3.8) is 0 Å². The lowest BCUT2D eigenvalue weighted by molar-refractivity contribution is 0.100. The Balaban J connectivity index is 2.28. The molecule has 1 amide bonds. The van der Waals surface area contributed by atoms with Gasteiger partial charge in [0.1, 0.15) is 0 Å². The van der Waals surface area contributed by atoms with Gasteiger partial charge in [-0.15, -0.1) is 0 Å². The first-order valence-corrected chi connectivity index (χ1v) is 7.07. The van der Waals surface area contributed by atoms with Crippen LogP contribution in [-0.4, -0.2) is 50.1 Å². The first kappa shape index (κ1) is 14.3. The fourth-order valence-electron chi connectivity index (χ4n) is 2.42. The summed E-state index contributed by atoms with van der Waals surface area (Å²) in [6.45, 7) is 3.47. The van der Waals surface area contributed by atoms with Gasteiger partial charge in [-0.25, -0.2) is 0 Å². The minimum Gasteiger partial charge on any atom is -0.366 e. The highest BCUT2D eigenvalue weighted by Gasteiger charge is 2.25. The van der Waals surface area contributed by atoms with E-state index in [1.54, 1.807) is 12.1 Å². The van der Waals surface area contributed by atoms with Gasteiger partial charge in [0, 0.05) is 36.2 Å². The molecule has 0 aliphatic carbocycles. The summed E-state index contributed by atoms with van der Waals surface area (Å²) < 4.78 is 0.881. The molecule has 1 aliphatic heterocycles. The summed E-state index contributed by atoms with van der Waals surface area (Å²) in [6, 6.07) is 5.74. The Labute approximate surface area is 121 Å². The van der Waals surface area contributed by atoms with Gasteiger partial charge in [-0.3, -0.25) is 4.79 Å². The molecule has 0 radical (unpaired) electrons. The van der Waals surface area contributed by atoms with Gasteiger partial charge in [-0.05, 0) is 41.2 Å². The third-order valence-electron chi connectivity index (χ3n) is 3.50. The summed E-state index contributed by atoms with van der Waals surface area (Å²) >= 11 is 3.52. The molecule has 6 heteroatoms. The molecule has 0 spiro atoms. The van der Waals surface area contributed by atoms with Gasteiger partial charge in [0.25, 0.3) is 0 Å². The van der Waals surface area contributed by atoms with E-state index in [4.69, 9.17) is 11.5 Å². The average Bonchev–Trinajstić information content (AvgIpc) is 2.38. The molecule has 1 aromatic carbocycles. The summed E-state index contributed by atoms with van der Waals surface area (Å²) in [5, 5.41) is 0. The third-order valence-corrected chi connectivity index (χ3v) is 4.13. The predicted octanol–water partition coefficient (Wildman–Crippen LogP) is 0.627. The zero-order valence-corrected chi connectivity index (χ0v) is 12.6. The van der Waals surface area contributed by atoms with Crippen molar-refractivity contribution in [3.05, 3.63) is 28.2 Å². The van der Waals surface area contributed by atoms with Gasteiger partial charge < -0.3 is 21.3 Å². The molecule has 5 nitrogen and oxygen atoms in total. The molecular weight excluding hydrogens is 308 g/mol. The minimum absolute atomic E-state index is 0.287. The van der Waals surface area contributed by atoms with Gasteiger partial charge in [-0.1, -0.05) is 0 Å². The number of likely N-dealkylation sites (N-methyl/N-ethyl adjacent to an activating group) is 1. The van der Waals surface area contributed by atoms with Crippen LogP contribution in [0.5, 0.6) is 0 Å². The zero-order valence-electron chi connectivity index (χ0n) is 11.0. The van der Waals surface area contributed by atoms with Crippen molar-refractivity contribution in [1.82, 2.24) is 4.90 Å². The Morgan fingerprint density at radius 2 is 2.21 bits per heavy atom. The lowest BCUT2D eigenvalue weighted by Gasteiger charge is -2.41. The van der Waals surface area contributed by atoms with E-state index in [1.807, 2.05) is 6.07 Å². The molecule has 1 aliphatic rings. The summed E-state index contributed by atoms with van der Waals surface area (Å²) in [4.78, 5) is 15.7. The zero-order chi connectivity index (χ0) is 14.0. The molecule has 2 rings (SSSR count). The fourth-order valence-corrected chi connectivity index (χ4v) is 3.03. The summed E-state index contributed by atoms with van der Waals surface area (Å²) in [6.07, 6.45) is 0. The second-order valence-electron chi connectivity index (χ2n) is 4.88. The number of hydrogen-bond donors (Lipinski definition) is 2. The number of carbonyl (C=O) groups is 1. The Hall–Kier alpha value is -1.11. The van der Waals surface area contributed by atoms with E-state index in [0.29, 0.717) is 12.1 Å². The number of piperazine rings is 1. The molecule has 1 saturated heterocycles. The summed E-state index contributed by atoms with van der Waals surface area (Å²) in [5.41, 5.74) is 12.7. The molecule has 0 saturated carbocycles. The van der Waals surface area contributed by atoms with Crippen molar-refractivity contribution in [2.24, 2.45) is 11.5 Å². The third kappa shape index (κ3) is 3.08. The van der Waals surface area contributed by atoms with Crippen LogP contribution in [-0.2, 0) is 0 Å². The number of benzene rings is 1. The van der Waals surface area contributed by atoms with Crippen LogP contribution in [0.25, 0.3) is 0 Å². The largest absolute Gasteiger partial charge is 0.366 e. The molecule has 1 atom stereocenters. The monoisotopic (exact) mass is 326 g/mol. The lowest BCUT2D eigenvalue weighted by atomic mass is 10.1. The maximum absolute atomic E-state index is 11.2. The van der Waals surface area contributed by atoms with Crippen molar-refractivity contribution in [1.29, 1.82) is 0 Å². The van der Waals surface area contributed by atoms with Crippen LogP contribution in [0.2, 0.25) is 0 Å². The average molecular weight is 327 g/mol. The van der Waals surface area contributed by atoms with Gasteiger partial charge in [0.2, 0.25) is 5.91 Å². The molecule has 0 bridgehead atoms. The number of rotatable bonds is 3. The Kier molecular flexibility index (Phi) is 4.44. The lowest BCUT2D eigenvalue weighted by Crippen LogP contribution is -2.55. The van der Waals surface area contributed by atoms with Gasteiger partial charge in [0.15, 0.2) is 0 Å². The Morgan fingerprint density at radius 1 is 1.47 bits per heavy atom. The number of hydrogen-bond acceptors (Lipinski definition) is 4. The highest BCUT2D eigenvalue weighted by atomic mass is 79.9. The van der Waals surface area contributed by atoms with E-state index in [-0.39, 0.29) is 6.04 Å². The fraction of sp³-hybridized carbons (Fsp3) is 0.462. The molecule has 19 heavy (non-hydrogen) atoms. The maximum Gasteiger partial charge on any atom is 0.248 e. The van der Waals surface area contributed by atoms with Crippen LogP contribution in [0.4, 0.5) is 5.69 Å². The smallest absolute Gasteiger partial charge is 0.248 e. The number of carbonyl (C=O) groups excluding carboxylic acids is 1. The highest BCUT2D eigenvalue weighted by Crippen LogP contribution is 2.29. The number of anilines is 1. The normalized spacial score (nSPS) is 20.6. The molecule has 104 valence electrons. The topological polar surface area (TPSA) is 75.6 Å². The first-order chi connectivity index (χ1) is 9.02. The van der Waals surface area contributed by atoms with Crippen LogP contribution in [0.3, 0.4) is 0 Å². The van der Waals surface area contributed by atoms with Crippen LogP contribution >= 0.6 is 15.9 Å². The molecule has 4 N–H and O–H groups in total. The molecule has 1 unspecified atom stereocenters. The predicted molar refractivity (Wildman–Crippen MR) is 80.3 cm³/mol. The molecular formula is C13H19BrN4O. The van der Waals surface area contributed by atoms with Crippen molar-refractivity contribution in [3.8, 4) is 0 Å². The first-order valence-electron chi connectivity index (χ1n) is 6.27. The maximum atomic E-state index is 11.2. The van der Waals surface area contributed by atoms with E-state index in [0.717, 1.165) is 29.8 Å². The van der Waals surface area contributed by atoms with Crippen molar-refractivity contribution in [2.45, 2.75) is 6.04 Å². The Morgan fingerprint density at radius 3 is 2.79 bits per heavy atom. The molecule has 1 aromatic rings. The molecule has 1 fully saturated rings. The van der Waals surface area contributed by atoms with Gasteiger partial charge in [-0.2, -0.15) is 0 Å². The summed E-state index contributed by atoms with van der Waals surface area (Å²) in [7, 11) is 2.10. The summed E-state index contributed by atoms with van der Waals surface area (Å²) in [5.74, 6) is -0.416. The van der Waals surface area contributed by atoms with Crippen molar-refractivity contribution >= 4 is 27.5 Å². The number of nitrogens with zero attached hydrogens (tertiary/aromatic N) is 2. The van der Waals surface area contributed by atoms with Crippen LogP contribution in [0.1, 0.15) is 10.4 Å². The van der Waals surface area contributed by atoms with E-state index < -0.39 is 5.91 Å². The van der Waals surface area contributed by atoms with Gasteiger partial charge >= 0.3 is 0 Å². The van der Waals surface area contributed by atoms with Crippen molar-refractivity contribution in [2.75, 3.05) is 38.1 Å².